The highest BCUT2D eigenvalue weighted by atomic mass is 35.5. The third kappa shape index (κ3) is 3.68. The maximum atomic E-state index is 12.5. The maximum Gasteiger partial charge on any atom is 0.332 e. The first-order chi connectivity index (χ1) is 14.5. The summed E-state index contributed by atoms with van der Waals surface area (Å²) in [4.78, 5) is 36.9. The Morgan fingerprint density at radius 2 is 1.87 bits per heavy atom. The molecule has 0 unspecified atom stereocenters. The van der Waals surface area contributed by atoms with Crippen molar-refractivity contribution in [3.05, 3.63) is 69.4 Å². The van der Waals surface area contributed by atoms with Gasteiger partial charge in [0, 0.05) is 37.8 Å². The highest BCUT2D eigenvalue weighted by Gasteiger charge is 2.16. The molecule has 31 heavy (non-hydrogen) atoms. The molecule has 0 amide bonds. The summed E-state index contributed by atoms with van der Waals surface area (Å²) in [7, 11) is 4.61. The van der Waals surface area contributed by atoms with E-state index in [4.69, 9.17) is 9.47 Å². The third-order valence-corrected chi connectivity index (χ3v) is 5.04. The van der Waals surface area contributed by atoms with Crippen LogP contribution >= 0.6 is 12.4 Å². The molecule has 9 nitrogen and oxygen atoms in total. The topological polar surface area (TPSA) is 104 Å². The molecule has 0 fully saturated rings. The number of aromatic nitrogens is 5. The van der Waals surface area contributed by atoms with Gasteiger partial charge in [0.25, 0.3) is 5.56 Å². The van der Waals surface area contributed by atoms with Crippen molar-refractivity contribution in [2.75, 3.05) is 14.2 Å². The van der Waals surface area contributed by atoms with Crippen LogP contribution in [0, 0.1) is 0 Å². The minimum Gasteiger partial charge on any atom is -0.493 e. The van der Waals surface area contributed by atoms with Crippen molar-refractivity contribution in [3.8, 4) is 11.5 Å². The van der Waals surface area contributed by atoms with Crippen molar-refractivity contribution in [2.45, 2.75) is 13.0 Å². The normalized spacial score (nSPS) is 10.8. The van der Waals surface area contributed by atoms with Gasteiger partial charge in [0.1, 0.15) is 11.3 Å². The highest BCUT2D eigenvalue weighted by Crippen LogP contribution is 2.33. The monoisotopic (exact) mass is 443 g/mol. The Bertz CT molecular complexity index is 1400. The molecule has 3 aromatic heterocycles. The van der Waals surface area contributed by atoms with Gasteiger partial charge < -0.3 is 14.5 Å². The number of nitrogens with zero attached hydrogens (tertiary/aromatic N) is 4. The van der Waals surface area contributed by atoms with E-state index in [1.807, 2.05) is 12.1 Å². The second kappa shape index (κ2) is 8.65. The summed E-state index contributed by atoms with van der Waals surface area (Å²) in [6.07, 6.45) is 5.47. The van der Waals surface area contributed by atoms with Gasteiger partial charge in [0.2, 0.25) is 0 Å². The number of ether oxygens (including phenoxy) is 2. The average molecular weight is 444 g/mol. The number of hydrogen-bond acceptors (Lipinski definition) is 6. The van der Waals surface area contributed by atoms with Gasteiger partial charge in [0.05, 0.1) is 14.2 Å². The number of imidazole rings is 1. The van der Waals surface area contributed by atoms with Gasteiger partial charge in [-0.05, 0) is 23.1 Å². The van der Waals surface area contributed by atoms with Crippen LogP contribution in [0.3, 0.4) is 0 Å². The van der Waals surface area contributed by atoms with Crippen LogP contribution in [0.4, 0.5) is 0 Å². The number of rotatable bonds is 6. The molecule has 162 valence electrons. The number of allylic oxidation sites excluding steroid dienone is 1. The van der Waals surface area contributed by atoms with E-state index in [2.05, 4.69) is 21.5 Å². The summed E-state index contributed by atoms with van der Waals surface area (Å²) in [5, 5.41) is 1.82. The number of hydrogen-bond donors (Lipinski definition) is 1. The van der Waals surface area contributed by atoms with Crippen molar-refractivity contribution in [1.29, 1.82) is 0 Å². The molecule has 0 bridgehead atoms. The Morgan fingerprint density at radius 3 is 2.55 bits per heavy atom. The predicted octanol–water partition coefficient (Wildman–Crippen LogP) is 2.19. The second-order valence-electron chi connectivity index (χ2n) is 6.83. The quantitative estimate of drug-likeness (QED) is 0.458. The number of aromatic amines is 1. The fraction of sp³-hybridized carbons (Fsp3) is 0.238. The van der Waals surface area contributed by atoms with E-state index in [-0.39, 0.29) is 24.5 Å². The van der Waals surface area contributed by atoms with Crippen LogP contribution in [-0.2, 0) is 20.0 Å². The molecule has 0 atom stereocenters. The number of H-pyrrole nitrogens is 1. The Kier molecular flexibility index (Phi) is 6.16. The summed E-state index contributed by atoms with van der Waals surface area (Å²) in [6, 6.07) is 3.75. The van der Waals surface area contributed by atoms with Crippen LogP contribution in [0.1, 0.15) is 11.4 Å². The van der Waals surface area contributed by atoms with Crippen molar-refractivity contribution >= 4 is 34.3 Å². The maximum absolute atomic E-state index is 12.5. The first-order valence-electron chi connectivity index (χ1n) is 9.26. The first kappa shape index (κ1) is 22.1. The number of methoxy groups -OCH3 is 2. The van der Waals surface area contributed by atoms with Crippen LogP contribution < -0.4 is 20.7 Å². The summed E-state index contributed by atoms with van der Waals surface area (Å²) < 4.78 is 13.3. The van der Waals surface area contributed by atoms with E-state index in [1.54, 1.807) is 32.7 Å². The summed E-state index contributed by atoms with van der Waals surface area (Å²) in [5.41, 5.74) is 0.624. The predicted molar refractivity (Wildman–Crippen MR) is 121 cm³/mol. The van der Waals surface area contributed by atoms with Crippen molar-refractivity contribution in [1.82, 2.24) is 24.1 Å². The van der Waals surface area contributed by atoms with Gasteiger partial charge >= 0.3 is 5.69 Å². The van der Waals surface area contributed by atoms with Crippen molar-refractivity contribution in [2.24, 2.45) is 7.05 Å². The minimum absolute atomic E-state index is 0. The lowest BCUT2D eigenvalue weighted by Gasteiger charge is -2.11. The second-order valence-corrected chi connectivity index (χ2v) is 6.83. The number of fused-ring (bicyclic) bond motifs is 2. The van der Waals surface area contributed by atoms with E-state index in [9.17, 15) is 9.59 Å². The van der Waals surface area contributed by atoms with Crippen molar-refractivity contribution < 1.29 is 9.47 Å². The molecule has 1 N–H and O–H groups in total. The largest absolute Gasteiger partial charge is 0.493 e. The van der Waals surface area contributed by atoms with E-state index in [1.165, 1.54) is 11.6 Å². The van der Waals surface area contributed by atoms with Crippen LogP contribution in [0.25, 0.3) is 21.9 Å². The third-order valence-electron chi connectivity index (χ3n) is 5.04. The van der Waals surface area contributed by atoms with Gasteiger partial charge in [-0.3, -0.25) is 18.9 Å². The Hall–Kier alpha value is -3.59. The standard InChI is InChI=1S/C21H21N5O4.ClH/c1-5-6-26-19-18(20(27)25(2)21(26)28)23-17(24-19)8-13-11-22-10-12-7-15(29-3)16(30-4)9-14(12)13;/h5,7,9-11H,1,6,8H2,2-4H3,(H,23,24);1H. The summed E-state index contributed by atoms with van der Waals surface area (Å²) in [5.74, 6) is 1.77. The van der Waals surface area contributed by atoms with E-state index < -0.39 is 11.2 Å². The number of pyridine rings is 1. The Morgan fingerprint density at radius 1 is 1.16 bits per heavy atom. The molecule has 0 aliphatic carbocycles. The van der Waals surface area contributed by atoms with Gasteiger partial charge in [-0.1, -0.05) is 6.08 Å². The summed E-state index contributed by atoms with van der Waals surface area (Å²) >= 11 is 0. The van der Waals surface area contributed by atoms with Gasteiger partial charge in [-0.15, -0.1) is 19.0 Å². The summed E-state index contributed by atoms with van der Waals surface area (Å²) in [6.45, 7) is 3.93. The zero-order valence-corrected chi connectivity index (χ0v) is 18.2. The lowest BCUT2D eigenvalue weighted by Crippen LogP contribution is -2.38. The molecule has 0 saturated heterocycles. The van der Waals surface area contributed by atoms with Crippen LogP contribution in [0.2, 0.25) is 0 Å². The first-order valence-corrected chi connectivity index (χ1v) is 9.26. The Balaban J connectivity index is 0.00000272. The highest BCUT2D eigenvalue weighted by molar-refractivity contribution is 5.88. The fourth-order valence-electron chi connectivity index (χ4n) is 3.54. The molecule has 1 aromatic carbocycles. The molecule has 0 saturated carbocycles. The Labute approximate surface area is 183 Å². The number of benzene rings is 1. The molecule has 0 aliphatic rings. The molecule has 3 heterocycles. The number of halogens is 1. The zero-order chi connectivity index (χ0) is 21.4. The van der Waals surface area contributed by atoms with Gasteiger partial charge in [-0.25, -0.2) is 9.78 Å². The fourth-order valence-corrected chi connectivity index (χ4v) is 3.54. The molecule has 10 heteroatoms. The van der Waals surface area contributed by atoms with Crippen LogP contribution in [-0.4, -0.2) is 38.3 Å². The molecule has 0 aliphatic heterocycles. The smallest absolute Gasteiger partial charge is 0.332 e. The average Bonchev–Trinajstić information content (AvgIpc) is 3.18. The zero-order valence-electron chi connectivity index (χ0n) is 17.3. The molecular weight excluding hydrogens is 422 g/mol. The lowest BCUT2D eigenvalue weighted by molar-refractivity contribution is 0.356. The van der Waals surface area contributed by atoms with Crippen LogP contribution in [0.5, 0.6) is 11.5 Å². The number of nitrogens with one attached hydrogen (secondary N) is 1. The SMILES string of the molecule is C=CCn1c(=O)n(C)c(=O)c2[nH]c(Cc3cncc4cc(OC)c(OC)cc34)nc21.Cl. The molecule has 0 spiro atoms. The minimum atomic E-state index is -0.436. The van der Waals surface area contributed by atoms with Gasteiger partial charge in [-0.2, -0.15) is 0 Å². The lowest BCUT2D eigenvalue weighted by atomic mass is 10.0. The molecule has 4 aromatic rings. The van der Waals surface area contributed by atoms with E-state index >= 15 is 0 Å². The van der Waals surface area contributed by atoms with Gasteiger partial charge in [0.15, 0.2) is 17.1 Å². The van der Waals surface area contributed by atoms with E-state index in [0.29, 0.717) is 29.4 Å². The van der Waals surface area contributed by atoms with E-state index in [0.717, 1.165) is 20.9 Å². The van der Waals surface area contributed by atoms with Crippen LogP contribution in [0.15, 0.2) is 46.8 Å². The molecule has 0 radical (unpaired) electrons. The molecular formula is C21H22ClN5O4. The molecule has 4 rings (SSSR count). The van der Waals surface area contributed by atoms with Crippen molar-refractivity contribution in [3.63, 3.8) is 0 Å².